The van der Waals surface area contributed by atoms with Crippen molar-refractivity contribution in [2.24, 2.45) is 0 Å². The Labute approximate surface area is 160 Å². The zero-order valence-electron chi connectivity index (χ0n) is 14.4. The number of halogens is 1. The van der Waals surface area contributed by atoms with Crippen LogP contribution in [0, 0.1) is 11.3 Å². The topological polar surface area (TPSA) is 70.2 Å². The van der Waals surface area contributed by atoms with Gasteiger partial charge in [0.25, 0.3) is 5.91 Å². The van der Waals surface area contributed by atoms with E-state index in [-0.39, 0.29) is 11.9 Å². The van der Waals surface area contributed by atoms with Gasteiger partial charge in [-0.1, -0.05) is 23.7 Å². The number of para-hydroxylation sites is 1. The summed E-state index contributed by atoms with van der Waals surface area (Å²) in [6.07, 6.45) is 0. The third-order valence-corrected chi connectivity index (χ3v) is 5.76. The molecule has 0 spiro atoms. The van der Waals surface area contributed by atoms with Crippen molar-refractivity contribution in [3.05, 3.63) is 58.1 Å². The fourth-order valence-electron chi connectivity index (χ4n) is 2.58. The molecule has 26 heavy (non-hydrogen) atoms. The highest BCUT2D eigenvalue weighted by atomic mass is 35.5. The Balaban J connectivity index is 1.64. The van der Waals surface area contributed by atoms with E-state index < -0.39 is 0 Å². The number of quaternary nitrogens is 1. The molecular weight excluding hydrogens is 368 g/mol. The molecule has 0 saturated carbocycles. The predicted molar refractivity (Wildman–Crippen MR) is 105 cm³/mol. The van der Waals surface area contributed by atoms with Crippen LogP contribution in [-0.2, 0) is 4.79 Å². The van der Waals surface area contributed by atoms with Crippen molar-refractivity contribution >= 4 is 44.7 Å². The number of aromatic nitrogens is 1. The van der Waals surface area contributed by atoms with Crippen molar-refractivity contribution in [3.63, 3.8) is 0 Å². The Kier molecular flexibility index (Phi) is 5.52. The summed E-state index contributed by atoms with van der Waals surface area (Å²) in [5.74, 6) is -0.115. The van der Waals surface area contributed by atoms with Gasteiger partial charge in [0.15, 0.2) is 11.6 Å². The van der Waals surface area contributed by atoms with Gasteiger partial charge in [0.1, 0.15) is 12.1 Å². The molecule has 3 aromatic rings. The van der Waals surface area contributed by atoms with Crippen molar-refractivity contribution in [3.8, 4) is 6.07 Å². The summed E-state index contributed by atoms with van der Waals surface area (Å²) in [5, 5.41) is 13.1. The number of nitrogens with zero attached hydrogens (tertiary/aromatic N) is 2. The monoisotopic (exact) mass is 385 g/mol. The molecule has 7 heteroatoms. The van der Waals surface area contributed by atoms with Gasteiger partial charge in [0.05, 0.1) is 27.9 Å². The number of fused-ring (bicyclic) bond motifs is 1. The van der Waals surface area contributed by atoms with Crippen molar-refractivity contribution in [1.82, 2.24) is 4.98 Å². The molecule has 0 aliphatic carbocycles. The molecule has 1 amide bonds. The number of anilines is 1. The molecule has 0 fully saturated rings. The quantitative estimate of drug-likeness (QED) is 0.709. The second-order valence-electron chi connectivity index (χ2n) is 6.12. The SMILES string of the molecule is C[C@@H](c1nc2ccccc2s1)[NH+](C)CC(=O)Nc1ccc(C#N)c(Cl)c1. The highest BCUT2D eigenvalue weighted by Crippen LogP contribution is 2.24. The molecule has 0 saturated heterocycles. The maximum atomic E-state index is 12.3. The molecule has 0 aliphatic heterocycles. The fourth-order valence-corrected chi connectivity index (χ4v) is 3.92. The zero-order valence-corrected chi connectivity index (χ0v) is 16.0. The second kappa shape index (κ2) is 7.83. The zero-order chi connectivity index (χ0) is 18.7. The van der Waals surface area contributed by atoms with E-state index in [1.54, 1.807) is 29.5 Å². The number of thiazole rings is 1. The molecule has 2 aromatic carbocycles. The summed E-state index contributed by atoms with van der Waals surface area (Å²) in [6, 6.07) is 15.0. The summed E-state index contributed by atoms with van der Waals surface area (Å²) < 4.78 is 1.15. The molecule has 1 aromatic heterocycles. The van der Waals surface area contributed by atoms with Gasteiger partial charge in [0, 0.05) is 5.69 Å². The normalized spacial score (nSPS) is 13.2. The van der Waals surface area contributed by atoms with Crippen molar-refractivity contribution in [2.75, 3.05) is 18.9 Å². The van der Waals surface area contributed by atoms with E-state index in [4.69, 9.17) is 16.9 Å². The standard InChI is InChI=1S/C19H17ClN4OS/c1-12(19-23-16-5-3-4-6-17(16)26-19)24(2)11-18(25)22-14-8-7-13(10-21)15(20)9-14/h3-9,12H,11H2,1-2H3,(H,22,25)/p+1/t12-/m0/s1. The lowest BCUT2D eigenvalue weighted by Gasteiger charge is -2.19. The first kappa shape index (κ1) is 18.3. The molecule has 2 atom stereocenters. The maximum absolute atomic E-state index is 12.3. The summed E-state index contributed by atoms with van der Waals surface area (Å²) >= 11 is 7.66. The number of nitriles is 1. The molecule has 2 N–H and O–H groups in total. The van der Waals surface area contributed by atoms with E-state index >= 15 is 0 Å². The van der Waals surface area contributed by atoms with Crippen LogP contribution in [0.4, 0.5) is 5.69 Å². The van der Waals surface area contributed by atoms with Gasteiger partial charge in [-0.05, 0) is 37.3 Å². The van der Waals surface area contributed by atoms with E-state index in [1.165, 1.54) is 0 Å². The van der Waals surface area contributed by atoms with Crippen molar-refractivity contribution < 1.29 is 9.69 Å². The lowest BCUT2D eigenvalue weighted by molar-refractivity contribution is -0.902. The maximum Gasteiger partial charge on any atom is 0.279 e. The average Bonchev–Trinajstić information content (AvgIpc) is 3.05. The van der Waals surface area contributed by atoms with E-state index in [0.717, 1.165) is 20.1 Å². The Hall–Kier alpha value is -2.46. The number of carbonyl (C=O) groups excluding carboxylic acids is 1. The first-order valence-corrected chi connectivity index (χ1v) is 9.34. The number of benzene rings is 2. The molecular formula is C19H18ClN4OS+. The van der Waals surface area contributed by atoms with Crippen LogP contribution in [-0.4, -0.2) is 24.5 Å². The van der Waals surface area contributed by atoms with Gasteiger partial charge in [-0.15, -0.1) is 11.3 Å². The van der Waals surface area contributed by atoms with Gasteiger partial charge in [-0.3, -0.25) is 4.79 Å². The first-order valence-electron chi connectivity index (χ1n) is 8.15. The summed E-state index contributed by atoms with van der Waals surface area (Å²) in [5.41, 5.74) is 1.96. The van der Waals surface area contributed by atoms with Crippen molar-refractivity contribution in [1.29, 1.82) is 5.26 Å². The summed E-state index contributed by atoms with van der Waals surface area (Å²) in [6.45, 7) is 2.37. The third kappa shape index (κ3) is 4.02. The predicted octanol–water partition coefficient (Wildman–Crippen LogP) is 3.04. The second-order valence-corrected chi connectivity index (χ2v) is 7.59. The minimum Gasteiger partial charge on any atom is -0.322 e. The fraction of sp³-hybridized carbons (Fsp3) is 0.211. The van der Waals surface area contributed by atoms with Crippen molar-refractivity contribution in [2.45, 2.75) is 13.0 Å². The highest BCUT2D eigenvalue weighted by Gasteiger charge is 2.22. The smallest absolute Gasteiger partial charge is 0.279 e. The van der Waals surface area contributed by atoms with Gasteiger partial charge >= 0.3 is 0 Å². The van der Waals surface area contributed by atoms with Crippen LogP contribution in [0.2, 0.25) is 5.02 Å². The average molecular weight is 386 g/mol. The largest absolute Gasteiger partial charge is 0.322 e. The molecule has 1 heterocycles. The Morgan fingerprint density at radius 1 is 1.38 bits per heavy atom. The van der Waals surface area contributed by atoms with Gasteiger partial charge in [-0.25, -0.2) is 4.98 Å². The first-order chi connectivity index (χ1) is 12.5. The van der Waals surface area contributed by atoms with Crippen LogP contribution in [0.15, 0.2) is 42.5 Å². The van der Waals surface area contributed by atoms with Crippen LogP contribution in [0.25, 0.3) is 10.2 Å². The van der Waals surface area contributed by atoms with Gasteiger partial charge in [-0.2, -0.15) is 5.26 Å². The van der Waals surface area contributed by atoms with E-state index in [0.29, 0.717) is 22.8 Å². The number of hydrogen-bond donors (Lipinski definition) is 2. The Morgan fingerprint density at radius 2 is 2.15 bits per heavy atom. The van der Waals surface area contributed by atoms with Crippen LogP contribution in [0.5, 0.6) is 0 Å². The van der Waals surface area contributed by atoms with Crippen LogP contribution >= 0.6 is 22.9 Å². The number of amides is 1. The van der Waals surface area contributed by atoms with Crippen LogP contribution in [0.3, 0.4) is 0 Å². The molecule has 0 radical (unpaired) electrons. The molecule has 5 nitrogen and oxygen atoms in total. The minimum atomic E-state index is -0.115. The Morgan fingerprint density at radius 3 is 2.85 bits per heavy atom. The van der Waals surface area contributed by atoms with Crippen LogP contribution < -0.4 is 10.2 Å². The Bertz CT molecular complexity index is 962. The van der Waals surface area contributed by atoms with E-state index in [9.17, 15) is 4.79 Å². The highest BCUT2D eigenvalue weighted by molar-refractivity contribution is 7.18. The molecule has 3 rings (SSSR count). The molecule has 1 unspecified atom stereocenters. The van der Waals surface area contributed by atoms with Gasteiger partial charge < -0.3 is 10.2 Å². The lowest BCUT2D eigenvalue weighted by atomic mass is 10.2. The van der Waals surface area contributed by atoms with E-state index in [2.05, 4.69) is 23.3 Å². The third-order valence-electron chi connectivity index (χ3n) is 4.23. The van der Waals surface area contributed by atoms with E-state index in [1.807, 2.05) is 31.3 Å². The number of likely N-dealkylation sites (N-methyl/N-ethyl adjacent to an activating group) is 1. The number of rotatable bonds is 5. The lowest BCUT2D eigenvalue weighted by Crippen LogP contribution is -3.10. The number of carbonyl (C=O) groups is 1. The molecule has 0 aliphatic rings. The number of nitrogens with one attached hydrogen (secondary N) is 2. The minimum absolute atomic E-state index is 0.0997. The summed E-state index contributed by atoms with van der Waals surface area (Å²) in [7, 11) is 1.97. The summed E-state index contributed by atoms with van der Waals surface area (Å²) in [4.78, 5) is 18.1. The number of hydrogen-bond acceptors (Lipinski definition) is 4. The molecule has 0 bridgehead atoms. The van der Waals surface area contributed by atoms with Gasteiger partial charge in [0.2, 0.25) is 0 Å². The van der Waals surface area contributed by atoms with Crippen LogP contribution in [0.1, 0.15) is 23.5 Å². The molecule has 132 valence electrons.